The van der Waals surface area contributed by atoms with E-state index in [1.807, 2.05) is 26.8 Å². The average Bonchev–Trinajstić information content (AvgIpc) is 2.33. The minimum absolute atomic E-state index is 0.00744. The molecule has 0 aliphatic carbocycles. The lowest BCUT2D eigenvalue weighted by Crippen LogP contribution is -2.22. The summed E-state index contributed by atoms with van der Waals surface area (Å²) in [6.45, 7) is 7.46. The van der Waals surface area contributed by atoms with Gasteiger partial charge in [0.15, 0.2) is 5.78 Å². The number of amides is 1. The first-order chi connectivity index (χ1) is 8.49. The van der Waals surface area contributed by atoms with Gasteiger partial charge in [-0.1, -0.05) is 26.0 Å². The summed E-state index contributed by atoms with van der Waals surface area (Å²) in [6.07, 6.45) is 1.65. The zero-order valence-corrected chi connectivity index (χ0v) is 11.5. The molecule has 0 spiro atoms. The van der Waals surface area contributed by atoms with Gasteiger partial charge in [-0.25, -0.2) is 0 Å². The van der Waals surface area contributed by atoms with Crippen LogP contribution >= 0.6 is 0 Å². The van der Waals surface area contributed by atoms with Gasteiger partial charge in [0.05, 0.1) is 0 Å². The molecule has 0 saturated carbocycles. The zero-order valence-electron chi connectivity index (χ0n) is 11.5. The maximum atomic E-state index is 12.0. The monoisotopic (exact) mass is 247 g/mol. The van der Waals surface area contributed by atoms with E-state index >= 15 is 0 Å². The number of hydrogen-bond donors (Lipinski definition) is 1. The lowest BCUT2D eigenvalue weighted by atomic mass is 10.0. The molecule has 0 aromatic heterocycles. The molecule has 0 radical (unpaired) electrons. The summed E-state index contributed by atoms with van der Waals surface area (Å²) in [4.78, 5) is 23.3. The van der Waals surface area contributed by atoms with Crippen molar-refractivity contribution in [3.05, 3.63) is 29.3 Å². The molecule has 3 heteroatoms. The van der Waals surface area contributed by atoms with Crippen LogP contribution in [0.15, 0.2) is 18.2 Å². The van der Waals surface area contributed by atoms with E-state index in [9.17, 15) is 9.59 Å². The largest absolute Gasteiger partial charge is 0.326 e. The number of hydrogen-bond acceptors (Lipinski definition) is 2. The Morgan fingerprint density at radius 2 is 1.83 bits per heavy atom. The van der Waals surface area contributed by atoms with Crippen LogP contribution in [0, 0.1) is 12.8 Å². The summed E-state index contributed by atoms with van der Waals surface area (Å²) in [5.41, 5.74) is 2.33. The van der Waals surface area contributed by atoms with Crippen molar-refractivity contribution in [2.24, 2.45) is 5.92 Å². The number of ketones is 1. The number of nitrogens with one attached hydrogen (secondary N) is 1. The van der Waals surface area contributed by atoms with E-state index in [2.05, 4.69) is 5.32 Å². The molecule has 98 valence electrons. The third kappa shape index (κ3) is 3.42. The van der Waals surface area contributed by atoms with E-state index in [1.54, 1.807) is 12.1 Å². The molecule has 1 aromatic rings. The number of carbonyl (C=O) groups excluding carboxylic acids is 2. The third-order valence-electron chi connectivity index (χ3n) is 3.26. The zero-order chi connectivity index (χ0) is 13.7. The molecule has 0 saturated heterocycles. The molecule has 0 atom stereocenters. The molecule has 18 heavy (non-hydrogen) atoms. The van der Waals surface area contributed by atoms with Crippen LogP contribution in [0.4, 0.5) is 5.69 Å². The summed E-state index contributed by atoms with van der Waals surface area (Å²) in [6, 6.07) is 5.39. The van der Waals surface area contributed by atoms with Crippen LogP contribution in [0.5, 0.6) is 0 Å². The molecule has 0 aliphatic heterocycles. The molecular weight excluding hydrogens is 226 g/mol. The quantitative estimate of drug-likeness (QED) is 0.808. The maximum Gasteiger partial charge on any atom is 0.227 e. The van der Waals surface area contributed by atoms with E-state index in [0.29, 0.717) is 5.56 Å². The van der Waals surface area contributed by atoms with Crippen molar-refractivity contribution in [2.75, 3.05) is 5.32 Å². The molecule has 0 fully saturated rings. The average molecular weight is 247 g/mol. The van der Waals surface area contributed by atoms with Crippen LogP contribution in [-0.4, -0.2) is 11.7 Å². The highest BCUT2D eigenvalue weighted by molar-refractivity contribution is 5.98. The fourth-order valence-electron chi connectivity index (χ4n) is 1.87. The summed E-state index contributed by atoms with van der Waals surface area (Å²) < 4.78 is 0. The normalized spacial score (nSPS) is 10.5. The highest BCUT2D eigenvalue weighted by Crippen LogP contribution is 2.19. The van der Waals surface area contributed by atoms with Crippen molar-refractivity contribution in [2.45, 2.75) is 40.5 Å². The van der Waals surface area contributed by atoms with Crippen molar-refractivity contribution in [1.82, 2.24) is 0 Å². The third-order valence-corrected chi connectivity index (χ3v) is 3.26. The Bertz CT molecular complexity index is 448. The lowest BCUT2D eigenvalue weighted by molar-refractivity contribution is -0.120. The van der Waals surface area contributed by atoms with Crippen molar-refractivity contribution in [3.8, 4) is 0 Å². The molecular formula is C15H21NO2. The van der Waals surface area contributed by atoms with E-state index in [4.69, 9.17) is 0 Å². The van der Waals surface area contributed by atoms with Gasteiger partial charge in [-0.15, -0.1) is 0 Å². The second-order valence-electron chi connectivity index (χ2n) is 4.59. The first-order valence-electron chi connectivity index (χ1n) is 6.42. The van der Waals surface area contributed by atoms with E-state index in [-0.39, 0.29) is 17.6 Å². The van der Waals surface area contributed by atoms with E-state index < -0.39 is 0 Å². The molecule has 3 nitrogen and oxygen atoms in total. The Balaban J connectivity index is 2.93. The highest BCUT2D eigenvalue weighted by Gasteiger charge is 2.15. The van der Waals surface area contributed by atoms with Gasteiger partial charge in [-0.05, 0) is 38.3 Å². The Labute approximate surface area is 109 Å². The number of rotatable bonds is 5. The van der Waals surface area contributed by atoms with Gasteiger partial charge < -0.3 is 5.32 Å². The van der Waals surface area contributed by atoms with Crippen molar-refractivity contribution in [1.29, 1.82) is 0 Å². The van der Waals surface area contributed by atoms with Gasteiger partial charge in [-0.3, -0.25) is 9.59 Å². The Kier molecular flexibility index (Phi) is 5.08. The number of aryl methyl sites for hydroxylation is 1. The van der Waals surface area contributed by atoms with Crippen LogP contribution in [0.2, 0.25) is 0 Å². The van der Waals surface area contributed by atoms with Gasteiger partial charge in [-0.2, -0.15) is 0 Å². The molecule has 0 bridgehead atoms. The Hall–Kier alpha value is -1.64. The summed E-state index contributed by atoms with van der Waals surface area (Å²) in [5, 5.41) is 2.92. The summed E-state index contributed by atoms with van der Waals surface area (Å²) >= 11 is 0. The maximum absolute atomic E-state index is 12.0. The van der Waals surface area contributed by atoms with Gasteiger partial charge in [0, 0.05) is 17.2 Å². The van der Waals surface area contributed by atoms with Gasteiger partial charge >= 0.3 is 0 Å². The first kappa shape index (κ1) is 14.4. The standard InChI is InChI=1S/C15H21NO2/c1-5-12(6-2)15(18)16-14-9-13(11(4)17)8-7-10(14)3/h7-9,12H,5-6H2,1-4H3,(H,16,18). The Morgan fingerprint density at radius 3 is 2.33 bits per heavy atom. The number of anilines is 1. The van der Waals surface area contributed by atoms with Crippen molar-refractivity contribution < 1.29 is 9.59 Å². The first-order valence-corrected chi connectivity index (χ1v) is 6.42. The van der Waals surface area contributed by atoms with Crippen LogP contribution in [0.25, 0.3) is 0 Å². The minimum Gasteiger partial charge on any atom is -0.326 e. The molecule has 1 N–H and O–H groups in total. The summed E-state index contributed by atoms with van der Waals surface area (Å²) in [5.74, 6) is 0.0715. The fraction of sp³-hybridized carbons (Fsp3) is 0.467. The second kappa shape index (κ2) is 6.34. The van der Waals surface area contributed by atoms with Gasteiger partial charge in [0.2, 0.25) is 5.91 Å². The highest BCUT2D eigenvalue weighted by atomic mass is 16.2. The Morgan fingerprint density at radius 1 is 1.22 bits per heavy atom. The molecule has 1 rings (SSSR count). The van der Waals surface area contributed by atoms with Crippen molar-refractivity contribution in [3.63, 3.8) is 0 Å². The van der Waals surface area contributed by atoms with Crippen LogP contribution in [-0.2, 0) is 4.79 Å². The molecule has 1 aromatic carbocycles. The molecule has 1 amide bonds. The number of carbonyl (C=O) groups is 2. The molecule has 0 aliphatic rings. The number of Topliss-reactive ketones (excluding diaryl/α,β-unsaturated/α-hetero) is 1. The SMILES string of the molecule is CCC(CC)C(=O)Nc1cc(C(C)=O)ccc1C. The van der Waals surface area contributed by atoms with Crippen LogP contribution in [0.1, 0.15) is 49.5 Å². The molecule has 0 heterocycles. The predicted octanol–water partition coefficient (Wildman–Crippen LogP) is 3.57. The smallest absolute Gasteiger partial charge is 0.227 e. The van der Waals surface area contributed by atoms with E-state index in [1.165, 1.54) is 6.92 Å². The van der Waals surface area contributed by atoms with Gasteiger partial charge in [0.1, 0.15) is 0 Å². The second-order valence-corrected chi connectivity index (χ2v) is 4.59. The van der Waals surface area contributed by atoms with E-state index in [0.717, 1.165) is 24.1 Å². The lowest BCUT2D eigenvalue weighted by Gasteiger charge is -2.15. The topological polar surface area (TPSA) is 46.2 Å². The predicted molar refractivity (Wildman–Crippen MR) is 73.9 cm³/mol. The van der Waals surface area contributed by atoms with Crippen LogP contribution < -0.4 is 5.32 Å². The molecule has 0 unspecified atom stereocenters. The van der Waals surface area contributed by atoms with Crippen molar-refractivity contribution >= 4 is 17.4 Å². The fourth-order valence-corrected chi connectivity index (χ4v) is 1.87. The summed E-state index contributed by atoms with van der Waals surface area (Å²) in [7, 11) is 0. The van der Waals surface area contributed by atoms with Crippen LogP contribution in [0.3, 0.4) is 0 Å². The van der Waals surface area contributed by atoms with Gasteiger partial charge in [0.25, 0.3) is 0 Å². The number of benzene rings is 1. The minimum atomic E-state index is 0.00744.